The number of nitrogens with zero attached hydrogens (tertiary/aromatic N) is 2. The molecule has 0 aromatic heterocycles. The molecule has 1 atom stereocenters. The number of hydrogen-bond donors (Lipinski definition) is 4. The molecular formula is C15H15N5O10S2. The highest BCUT2D eigenvalue weighted by Gasteiger charge is 2.28. The summed E-state index contributed by atoms with van der Waals surface area (Å²) in [5.74, 6) is -1.30. The monoisotopic (exact) mass is 489 g/mol. The summed E-state index contributed by atoms with van der Waals surface area (Å²) in [6, 6.07) is 5.52. The third-order valence-electron chi connectivity index (χ3n) is 3.92. The number of nitro groups is 2. The minimum Gasteiger partial charge on any atom is -0.289 e. The van der Waals surface area contributed by atoms with E-state index in [-0.39, 0.29) is 11.4 Å². The van der Waals surface area contributed by atoms with Crippen molar-refractivity contribution in [1.82, 2.24) is 14.9 Å². The van der Waals surface area contributed by atoms with Crippen LogP contribution in [0.5, 0.6) is 0 Å². The molecule has 2 aromatic carbocycles. The van der Waals surface area contributed by atoms with Crippen LogP contribution in [0.1, 0.15) is 0 Å². The molecule has 32 heavy (non-hydrogen) atoms. The van der Waals surface area contributed by atoms with E-state index in [0.717, 1.165) is 48.5 Å². The maximum Gasteiger partial charge on any atom is 0.269 e. The van der Waals surface area contributed by atoms with Gasteiger partial charge in [0.2, 0.25) is 20.0 Å². The summed E-state index contributed by atoms with van der Waals surface area (Å²) in [7, 11) is -8.78. The minimum atomic E-state index is -4.46. The van der Waals surface area contributed by atoms with Crippen LogP contribution >= 0.6 is 0 Å². The summed E-state index contributed by atoms with van der Waals surface area (Å²) in [5.41, 5.74) is 0.446. The summed E-state index contributed by atoms with van der Waals surface area (Å²) in [4.78, 5) is 30.8. The Labute approximate surface area is 180 Å². The molecule has 0 spiro atoms. The molecule has 172 valence electrons. The number of sulfonamides is 2. The van der Waals surface area contributed by atoms with Crippen molar-refractivity contribution < 1.29 is 36.7 Å². The van der Waals surface area contributed by atoms with Crippen LogP contribution in [0.25, 0.3) is 0 Å². The van der Waals surface area contributed by atoms with Gasteiger partial charge in [0.25, 0.3) is 17.3 Å². The standard InChI is InChI=1S/C15H15N5O10S2/c21-15(17-22)14(18-32(29,30)13-7-3-11(4-8-13)20(25)26)9-16-31(27,28)12-5-1-10(2-6-12)19(23)24/h1-8,14,16,18,22H,9H2,(H,17,21). The molecular weight excluding hydrogens is 474 g/mol. The van der Waals surface area contributed by atoms with Crippen LogP contribution in [0.2, 0.25) is 0 Å². The van der Waals surface area contributed by atoms with Gasteiger partial charge in [-0.2, -0.15) is 4.72 Å². The second-order valence-corrected chi connectivity index (χ2v) is 9.48. The maximum absolute atomic E-state index is 12.5. The van der Waals surface area contributed by atoms with E-state index < -0.39 is 58.2 Å². The first kappa shape index (κ1) is 24.8. The summed E-state index contributed by atoms with van der Waals surface area (Å²) in [6.45, 7) is -0.849. The van der Waals surface area contributed by atoms with E-state index >= 15 is 0 Å². The van der Waals surface area contributed by atoms with E-state index in [0.29, 0.717) is 0 Å². The molecule has 0 saturated heterocycles. The number of benzene rings is 2. The smallest absolute Gasteiger partial charge is 0.269 e. The molecule has 15 nitrogen and oxygen atoms in total. The van der Waals surface area contributed by atoms with Crippen molar-refractivity contribution in [1.29, 1.82) is 0 Å². The van der Waals surface area contributed by atoms with Crippen molar-refractivity contribution in [3.63, 3.8) is 0 Å². The highest BCUT2D eigenvalue weighted by Crippen LogP contribution is 2.17. The highest BCUT2D eigenvalue weighted by atomic mass is 32.2. The third kappa shape index (κ3) is 6.02. The number of amides is 1. The fourth-order valence-electron chi connectivity index (χ4n) is 2.29. The first-order chi connectivity index (χ1) is 14.9. The van der Waals surface area contributed by atoms with Gasteiger partial charge in [-0.1, -0.05) is 0 Å². The number of nitrogens with one attached hydrogen (secondary N) is 3. The van der Waals surface area contributed by atoms with Gasteiger partial charge < -0.3 is 0 Å². The Morgan fingerprint density at radius 2 is 1.25 bits per heavy atom. The Hall–Kier alpha value is -3.51. The Morgan fingerprint density at radius 1 is 0.844 bits per heavy atom. The molecule has 0 aliphatic carbocycles. The SMILES string of the molecule is O=C(NO)C(CNS(=O)(=O)c1ccc([N+](=O)[O-])cc1)NS(=O)(=O)c1ccc([N+](=O)[O-])cc1. The molecule has 0 heterocycles. The molecule has 1 amide bonds. The molecule has 0 fully saturated rings. The second kappa shape index (κ2) is 9.75. The lowest BCUT2D eigenvalue weighted by molar-refractivity contribution is -0.385. The zero-order valence-electron chi connectivity index (χ0n) is 15.7. The molecule has 0 radical (unpaired) electrons. The zero-order valence-corrected chi connectivity index (χ0v) is 17.4. The number of carbonyl (C=O) groups excluding carboxylic acids is 1. The van der Waals surface area contributed by atoms with Gasteiger partial charge in [0, 0.05) is 30.8 Å². The van der Waals surface area contributed by atoms with Gasteiger partial charge in [-0.15, -0.1) is 0 Å². The van der Waals surface area contributed by atoms with Gasteiger partial charge in [0.15, 0.2) is 0 Å². The fraction of sp³-hybridized carbons (Fsp3) is 0.133. The average molecular weight is 489 g/mol. The van der Waals surface area contributed by atoms with Gasteiger partial charge in [-0.05, 0) is 24.3 Å². The summed E-state index contributed by atoms with van der Waals surface area (Å²) in [6.07, 6.45) is 0. The lowest BCUT2D eigenvalue weighted by Crippen LogP contribution is -2.51. The third-order valence-corrected chi connectivity index (χ3v) is 6.84. The Kier molecular flexibility index (Phi) is 7.54. The second-order valence-electron chi connectivity index (χ2n) is 6.00. The van der Waals surface area contributed by atoms with Gasteiger partial charge in [-0.25, -0.2) is 27.0 Å². The normalized spacial score (nSPS) is 12.7. The first-order valence-corrected chi connectivity index (χ1v) is 11.3. The van der Waals surface area contributed by atoms with Crippen LogP contribution in [-0.2, 0) is 24.8 Å². The highest BCUT2D eigenvalue weighted by molar-refractivity contribution is 7.90. The van der Waals surface area contributed by atoms with Crippen LogP contribution < -0.4 is 14.9 Å². The van der Waals surface area contributed by atoms with Crippen LogP contribution in [0.15, 0.2) is 58.3 Å². The lowest BCUT2D eigenvalue weighted by atomic mass is 10.3. The number of nitro benzene ring substituents is 2. The summed E-state index contributed by atoms with van der Waals surface area (Å²) < 4.78 is 53.4. The van der Waals surface area contributed by atoms with Crippen molar-refractivity contribution in [3.8, 4) is 0 Å². The van der Waals surface area contributed by atoms with E-state index in [1.807, 2.05) is 9.44 Å². The molecule has 0 bridgehead atoms. The van der Waals surface area contributed by atoms with Crippen LogP contribution in [0, 0.1) is 20.2 Å². The molecule has 4 N–H and O–H groups in total. The molecule has 0 aliphatic heterocycles. The van der Waals surface area contributed by atoms with Gasteiger partial charge in [0.05, 0.1) is 19.6 Å². The predicted molar refractivity (Wildman–Crippen MR) is 105 cm³/mol. The minimum absolute atomic E-state index is 0.364. The molecule has 17 heteroatoms. The number of rotatable bonds is 10. The van der Waals surface area contributed by atoms with Crippen molar-refractivity contribution in [3.05, 3.63) is 68.8 Å². The Balaban J connectivity index is 2.20. The van der Waals surface area contributed by atoms with Crippen molar-refractivity contribution in [2.24, 2.45) is 0 Å². The van der Waals surface area contributed by atoms with Crippen molar-refractivity contribution in [2.75, 3.05) is 6.54 Å². The molecule has 2 aromatic rings. The molecule has 2 rings (SSSR count). The summed E-state index contributed by atoms with van der Waals surface area (Å²) in [5, 5.41) is 30.2. The average Bonchev–Trinajstić information content (AvgIpc) is 2.76. The van der Waals surface area contributed by atoms with Crippen molar-refractivity contribution >= 4 is 37.3 Å². The first-order valence-electron chi connectivity index (χ1n) is 8.32. The van der Waals surface area contributed by atoms with Crippen LogP contribution in [-0.4, -0.2) is 50.4 Å². The number of hydroxylamine groups is 1. The van der Waals surface area contributed by atoms with E-state index in [2.05, 4.69) is 0 Å². The largest absolute Gasteiger partial charge is 0.289 e. The maximum atomic E-state index is 12.5. The topological polar surface area (TPSA) is 228 Å². The Bertz CT molecular complexity index is 1230. The zero-order chi connectivity index (χ0) is 24.1. The molecule has 1 unspecified atom stereocenters. The molecule has 0 saturated carbocycles. The quantitative estimate of drug-likeness (QED) is 0.192. The summed E-state index contributed by atoms with van der Waals surface area (Å²) >= 11 is 0. The van der Waals surface area contributed by atoms with E-state index in [9.17, 15) is 41.9 Å². The fourth-order valence-corrected chi connectivity index (χ4v) is 4.53. The van der Waals surface area contributed by atoms with Crippen LogP contribution in [0.3, 0.4) is 0 Å². The van der Waals surface area contributed by atoms with Gasteiger partial charge >= 0.3 is 0 Å². The molecule has 0 aliphatic rings. The number of non-ortho nitro benzene ring substituents is 2. The van der Waals surface area contributed by atoms with Crippen LogP contribution in [0.4, 0.5) is 11.4 Å². The van der Waals surface area contributed by atoms with Crippen molar-refractivity contribution in [2.45, 2.75) is 15.8 Å². The lowest BCUT2D eigenvalue weighted by Gasteiger charge is -2.17. The van der Waals surface area contributed by atoms with Gasteiger partial charge in [0.1, 0.15) is 6.04 Å². The van der Waals surface area contributed by atoms with E-state index in [1.54, 1.807) is 0 Å². The number of hydrogen-bond acceptors (Lipinski definition) is 10. The van der Waals surface area contributed by atoms with E-state index in [1.165, 1.54) is 5.48 Å². The van der Waals surface area contributed by atoms with E-state index in [4.69, 9.17) is 5.21 Å². The predicted octanol–water partition coefficient (Wildman–Crippen LogP) is -0.366. The number of carbonyl (C=O) groups is 1. The Morgan fingerprint density at radius 3 is 1.62 bits per heavy atom. The van der Waals surface area contributed by atoms with Gasteiger partial charge in [-0.3, -0.25) is 30.2 Å².